The molecule has 4 nitrogen and oxygen atoms in total. The quantitative estimate of drug-likeness (QED) is 0.794. The summed E-state index contributed by atoms with van der Waals surface area (Å²) in [5.41, 5.74) is 1.12. The summed E-state index contributed by atoms with van der Waals surface area (Å²) in [5, 5.41) is 3.41. The van der Waals surface area contributed by atoms with Gasteiger partial charge in [0.05, 0.1) is 9.26 Å². The lowest BCUT2D eigenvalue weighted by Gasteiger charge is -2.17. The lowest BCUT2D eigenvalue weighted by molar-refractivity contribution is 0.105. The van der Waals surface area contributed by atoms with Gasteiger partial charge >= 0.3 is 0 Å². The summed E-state index contributed by atoms with van der Waals surface area (Å²) < 4.78 is 6.86. The first-order valence-corrected chi connectivity index (χ1v) is 8.14. The number of nitrogens with one attached hydrogen (secondary N) is 1. The van der Waals surface area contributed by atoms with Gasteiger partial charge in [-0.2, -0.15) is 0 Å². The molecule has 1 fully saturated rings. The van der Waals surface area contributed by atoms with Crippen molar-refractivity contribution in [3.63, 3.8) is 0 Å². The Morgan fingerprint density at radius 3 is 2.79 bits per heavy atom. The number of nitrogens with zero attached hydrogens (tertiary/aromatic N) is 2. The lowest BCUT2D eigenvalue weighted by Crippen LogP contribution is -2.13. The van der Waals surface area contributed by atoms with Crippen molar-refractivity contribution >= 4 is 28.4 Å². The Kier molecular flexibility index (Phi) is 5.38. The Morgan fingerprint density at radius 1 is 1.42 bits per heavy atom. The number of hydrogen-bond donors (Lipinski definition) is 1. The summed E-state index contributed by atoms with van der Waals surface area (Å²) in [6.45, 7) is 8.27. The number of aromatic nitrogens is 2. The maximum Gasteiger partial charge on any atom is 0.159 e. The van der Waals surface area contributed by atoms with Crippen LogP contribution in [0.3, 0.4) is 0 Å². The van der Waals surface area contributed by atoms with Gasteiger partial charge in [-0.05, 0) is 47.8 Å². The Morgan fingerprint density at radius 2 is 2.21 bits per heavy atom. The summed E-state index contributed by atoms with van der Waals surface area (Å²) >= 11 is 2.35. The van der Waals surface area contributed by atoms with Crippen molar-refractivity contribution in [1.82, 2.24) is 9.97 Å². The number of hydrogen-bond acceptors (Lipinski definition) is 4. The van der Waals surface area contributed by atoms with E-state index in [0.29, 0.717) is 5.92 Å². The zero-order valence-corrected chi connectivity index (χ0v) is 14.0. The van der Waals surface area contributed by atoms with Gasteiger partial charge < -0.3 is 10.1 Å². The molecule has 5 heteroatoms. The molecule has 0 radical (unpaired) electrons. The molecule has 19 heavy (non-hydrogen) atoms. The van der Waals surface area contributed by atoms with Crippen LogP contribution in [0.5, 0.6) is 0 Å². The van der Waals surface area contributed by atoms with Crippen LogP contribution in [0.4, 0.5) is 5.82 Å². The zero-order valence-electron chi connectivity index (χ0n) is 11.9. The Labute approximate surface area is 128 Å². The van der Waals surface area contributed by atoms with Crippen LogP contribution in [0.2, 0.25) is 0 Å². The molecule has 106 valence electrons. The minimum Gasteiger partial charge on any atom is -0.370 e. The molecule has 0 spiro atoms. The summed E-state index contributed by atoms with van der Waals surface area (Å²) in [5.74, 6) is 2.21. The van der Waals surface area contributed by atoms with Gasteiger partial charge in [0.1, 0.15) is 11.9 Å². The molecule has 1 unspecified atom stereocenters. The molecular weight excluding hydrogens is 353 g/mol. The van der Waals surface area contributed by atoms with Crippen LogP contribution in [-0.2, 0) is 4.74 Å². The fourth-order valence-corrected chi connectivity index (χ4v) is 3.21. The van der Waals surface area contributed by atoms with Crippen LogP contribution in [0, 0.1) is 3.57 Å². The first kappa shape index (κ1) is 15.0. The number of halogens is 1. The Hall–Kier alpha value is -0.430. The van der Waals surface area contributed by atoms with Crippen LogP contribution in [0.1, 0.15) is 63.6 Å². The molecule has 0 saturated carbocycles. The highest BCUT2D eigenvalue weighted by atomic mass is 127. The van der Waals surface area contributed by atoms with Crippen LogP contribution in [0.15, 0.2) is 0 Å². The average Bonchev–Trinajstić information content (AvgIpc) is 2.91. The average molecular weight is 375 g/mol. The van der Waals surface area contributed by atoms with Crippen LogP contribution < -0.4 is 5.32 Å². The molecular formula is C14H22IN3O. The van der Waals surface area contributed by atoms with Gasteiger partial charge in [-0.25, -0.2) is 9.97 Å². The van der Waals surface area contributed by atoms with E-state index >= 15 is 0 Å². The van der Waals surface area contributed by atoms with Gasteiger partial charge in [0.15, 0.2) is 5.82 Å². The second-order valence-corrected chi connectivity index (χ2v) is 6.29. The first-order valence-electron chi connectivity index (χ1n) is 7.06. The van der Waals surface area contributed by atoms with Crippen molar-refractivity contribution in [2.75, 3.05) is 18.5 Å². The molecule has 1 aliphatic rings. The molecule has 1 aromatic rings. The van der Waals surface area contributed by atoms with Gasteiger partial charge in [0.2, 0.25) is 0 Å². The van der Waals surface area contributed by atoms with E-state index < -0.39 is 0 Å². The monoisotopic (exact) mass is 375 g/mol. The number of ether oxygens (including phenoxy) is 1. The second kappa shape index (κ2) is 6.83. The maximum atomic E-state index is 5.72. The summed E-state index contributed by atoms with van der Waals surface area (Å²) in [4.78, 5) is 9.42. The van der Waals surface area contributed by atoms with E-state index in [4.69, 9.17) is 9.72 Å². The van der Waals surface area contributed by atoms with E-state index in [1.165, 1.54) is 0 Å². The number of rotatable bonds is 5. The predicted molar refractivity (Wildman–Crippen MR) is 85.5 cm³/mol. The van der Waals surface area contributed by atoms with E-state index in [2.05, 4.69) is 53.7 Å². The molecule has 1 atom stereocenters. The van der Waals surface area contributed by atoms with E-state index in [0.717, 1.165) is 53.3 Å². The van der Waals surface area contributed by atoms with Crippen LogP contribution in [-0.4, -0.2) is 23.1 Å². The molecule has 0 bridgehead atoms. The largest absolute Gasteiger partial charge is 0.370 e. The molecule has 0 amide bonds. The molecule has 0 aromatic carbocycles. The molecule has 1 saturated heterocycles. The van der Waals surface area contributed by atoms with E-state index in [-0.39, 0.29) is 6.10 Å². The zero-order chi connectivity index (χ0) is 13.8. The SMILES string of the molecule is CCCNc1nc(C2CCCO2)nc(C(C)C)c1I. The third-order valence-electron chi connectivity index (χ3n) is 3.20. The molecule has 1 aliphatic heterocycles. The van der Waals surface area contributed by atoms with Gasteiger partial charge in [-0.3, -0.25) is 0 Å². The van der Waals surface area contributed by atoms with Crippen LogP contribution in [0.25, 0.3) is 0 Å². The molecule has 1 aromatic heterocycles. The molecule has 2 heterocycles. The molecule has 2 rings (SSSR count). The van der Waals surface area contributed by atoms with Gasteiger partial charge in [0.25, 0.3) is 0 Å². The smallest absolute Gasteiger partial charge is 0.159 e. The summed E-state index contributed by atoms with van der Waals surface area (Å²) in [6, 6.07) is 0. The highest BCUT2D eigenvalue weighted by molar-refractivity contribution is 14.1. The van der Waals surface area contributed by atoms with E-state index in [9.17, 15) is 0 Å². The molecule has 0 aliphatic carbocycles. The van der Waals surface area contributed by atoms with Gasteiger partial charge in [0, 0.05) is 13.2 Å². The van der Waals surface area contributed by atoms with Gasteiger partial charge in [-0.1, -0.05) is 20.8 Å². The van der Waals surface area contributed by atoms with Crippen molar-refractivity contribution in [3.8, 4) is 0 Å². The highest BCUT2D eigenvalue weighted by Gasteiger charge is 2.24. The van der Waals surface area contributed by atoms with Crippen molar-refractivity contribution < 1.29 is 4.74 Å². The predicted octanol–water partition coefficient (Wildman–Crippen LogP) is 3.88. The second-order valence-electron chi connectivity index (χ2n) is 5.21. The van der Waals surface area contributed by atoms with Crippen molar-refractivity contribution in [2.45, 2.75) is 52.1 Å². The normalized spacial score (nSPS) is 19.1. The van der Waals surface area contributed by atoms with Gasteiger partial charge in [-0.15, -0.1) is 0 Å². The maximum absolute atomic E-state index is 5.72. The van der Waals surface area contributed by atoms with Crippen molar-refractivity contribution in [1.29, 1.82) is 0 Å². The minimum absolute atomic E-state index is 0.0803. The number of anilines is 1. The first-order chi connectivity index (χ1) is 9.13. The lowest BCUT2D eigenvalue weighted by atomic mass is 10.1. The summed E-state index contributed by atoms with van der Waals surface area (Å²) in [7, 11) is 0. The topological polar surface area (TPSA) is 47.0 Å². The molecule has 1 N–H and O–H groups in total. The third-order valence-corrected chi connectivity index (χ3v) is 4.26. The fraction of sp³-hybridized carbons (Fsp3) is 0.714. The van der Waals surface area contributed by atoms with Crippen molar-refractivity contribution in [2.24, 2.45) is 0 Å². The minimum atomic E-state index is 0.0803. The van der Waals surface area contributed by atoms with Crippen molar-refractivity contribution in [3.05, 3.63) is 15.1 Å². The fourth-order valence-electron chi connectivity index (χ4n) is 2.15. The van der Waals surface area contributed by atoms with Crippen LogP contribution >= 0.6 is 22.6 Å². The highest BCUT2D eigenvalue weighted by Crippen LogP contribution is 2.31. The van der Waals surface area contributed by atoms with E-state index in [1.54, 1.807) is 0 Å². The Bertz CT molecular complexity index is 431. The summed E-state index contributed by atoms with van der Waals surface area (Å²) in [6.07, 6.45) is 3.31. The van der Waals surface area contributed by atoms with E-state index in [1.807, 2.05) is 0 Å². The Balaban J connectivity index is 2.35. The third kappa shape index (κ3) is 3.56. The standard InChI is InChI=1S/C14H22IN3O/c1-4-7-16-14-11(15)12(9(2)3)17-13(18-14)10-6-5-8-19-10/h9-10H,4-8H2,1-3H3,(H,16,17,18).